The monoisotopic (exact) mass is 288 g/mol. The van der Waals surface area contributed by atoms with Crippen molar-refractivity contribution in [3.8, 4) is 0 Å². The lowest BCUT2D eigenvalue weighted by Gasteiger charge is -2.10. The van der Waals surface area contributed by atoms with E-state index in [2.05, 4.69) is 10.6 Å². The molecule has 0 aliphatic heterocycles. The highest BCUT2D eigenvalue weighted by Crippen LogP contribution is 2.22. The van der Waals surface area contributed by atoms with E-state index < -0.39 is 0 Å². The second kappa shape index (κ2) is 5.88. The Labute approximate surface area is 121 Å². The first kappa shape index (κ1) is 14.3. The maximum Gasteiger partial charge on any atom is 0.265 e. The summed E-state index contributed by atoms with van der Waals surface area (Å²) in [5.74, 6) is -0.219. The fourth-order valence-corrected chi connectivity index (χ4v) is 2.68. The first-order chi connectivity index (χ1) is 9.47. The summed E-state index contributed by atoms with van der Waals surface area (Å²) in [6, 6.07) is 7.32. The van der Waals surface area contributed by atoms with Crippen LogP contribution in [0, 0.1) is 13.8 Å². The van der Waals surface area contributed by atoms with E-state index in [0.29, 0.717) is 4.88 Å². The minimum absolute atomic E-state index is 0.107. The summed E-state index contributed by atoms with van der Waals surface area (Å²) in [7, 11) is 0. The number of carbonyl (C=O) groups excluding carboxylic acids is 2. The summed E-state index contributed by atoms with van der Waals surface area (Å²) in [5, 5.41) is 7.50. The average Bonchev–Trinajstić information content (AvgIpc) is 2.78. The van der Waals surface area contributed by atoms with Gasteiger partial charge in [0.1, 0.15) is 0 Å². The van der Waals surface area contributed by atoms with Crippen LogP contribution in [0.15, 0.2) is 29.6 Å². The molecule has 2 amide bonds. The molecule has 2 aromatic rings. The Hall–Kier alpha value is -2.14. The van der Waals surface area contributed by atoms with Crippen molar-refractivity contribution in [3.63, 3.8) is 0 Å². The van der Waals surface area contributed by atoms with E-state index in [-0.39, 0.29) is 11.8 Å². The number of rotatable bonds is 3. The smallest absolute Gasteiger partial charge is 0.265 e. The third-order valence-corrected chi connectivity index (χ3v) is 3.88. The number of hydrogen-bond acceptors (Lipinski definition) is 3. The van der Waals surface area contributed by atoms with Crippen molar-refractivity contribution in [2.45, 2.75) is 20.8 Å². The molecule has 0 spiro atoms. The largest absolute Gasteiger partial charge is 0.326 e. The quantitative estimate of drug-likeness (QED) is 0.907. The molecule has 0 aliphatic rings. The minimum atomic E-state index is -0.112. The number of nitrogens with one attached hydrogen (secondary N) is 2. The molecule has 0 saturated carbocycles. The molecule has 1 aromatic carbocycles. The summed E-state index contributed by atoms with van der Waals surface area (Å²) in [5.41, 5.74) is 3.34. The lowest BCUT2D eigenvalue weighted by atomic mass is 10.1. The average molecular weight is 288 g/mol. The van der Waals surface area contributed by atoms with Gasteiger partial charge in [0, 0.05) is 18.3 Å². The Balaban J connectivity index is 2.15. The van der Waals surface area contributed by atoms with Crippen molar-refractivity contribution in [3.05, 3.63) is 45.6 Å². The summed E-state index contributed by atoms with van der Waals surface area (Å²) in [4.78, 5) is 23.9. The maximum atomic E-state index is 12.1. The van der Waals surface area contributed by atoms with Crippen LogP contribution in [0.3, 0.4) is 0 Å². The van der Waals surface area contributed by atoms with Gasteiger partial charge in [-0.3, -0.25) is 9.59 Å². The third kappa shape index (κ3) is 3.24. The molecule has 1 aromatic heterocycles. The number of anilines is 2. The molecule has 20 heavy (non-hydrogen) atoms. The SMILES string of the molecule is CC(=O)Nc1ccc(NC(=O)c2sccc2C)cc1C. The van der Waals surface area contributed by atoms with Crippen LogP contribution in [-0.2, 0) is 4.79 Å². The Kier molecular flexibility index (Phi) is 4.20. The van der Waals surface area contributed by atoms with Gasteiger partial charge in [0.05, 0.1) is 4.88 Å². The number of thiophene rings is 1. The standard InChI is InChI=1S/C15H16N2O2S/c1-9-6-7-20-14(9)15(19)17-12-4-5-13(10(2)8-12)16-11(3)18/h4-8H,1-3H3,(H,16,18)(H,17,19). The van der Waals surface area contributed by atoms with Crippen molar-refractivity contribution in [2.75, 3.05) is 10.6 Å². The summed E-state index contributed by atoms with van der Waals surface area (Å²) in [6.45, 7) is 5.27. The van der Waals surface area contributed by atoms with Gasteiger partial charge in [-0.05, 0) is 54.6 Å². The fraction of sp³-hybridized carbons (Fsp3) is 0.200. The topological polar surface area (TPSA) is 58.2 Å². The zero-order chi connectivity index (χ0) is 14.7. The van der Waals surface area contributed by atoms with E-state index in [1.54, 1.807) is 12.1 Å². The highest BCUT2D eigenvalue weighted by Gasteiger charge is 2.11. The van der Waals surface area contributed by atoms with Gasteiger partial charge in [-0.2, -0.15) is 0 Å². The Morgan fingerprint density at radius 1 is 1.05 bits per heavy atom. The third-order valence-electron chi connectivity index (χ3n) is 2.86. The maximum absolute atomic E-state index is 12.1. The van der Waals surface area contributed by atoms with Gasteiger partial charge in [-0.15, -0.1) is 11.3 Å². The molecule has 1 heterocycles. The molecule has 0 unspecified atom stereocenters. The van der Waals surface area contributed by atoms with Crippen molar-refractivity contribution in [2.24, 2.45) is 0 Å². The predicted molar refractivity (Wildman–Crippen MR) is 82.5 cm³/mol. The van der Waals surface area contributed by atoms with E-state index >= 15 is 0 Å². The minimum Gasteiger partial charge on any atom is -0.326 e. The van der Waals surface area contributed by atoms with E-state index in [1.165, 1.54) is 18.3 Å². The molecule has 0 bridgehead atoms. The van der Waals surface area contributed by atoms with Crippen LogP contribution in [-0.4, -0.2) is 11.8 Å². The van der Waals surface area contributed by atoms with Crippen LogP contribution in [0.25, 0.3) is 0 Å². The van der Waals surface area contributed by atoms with Crippen molar-refractivity contribution < 1.29 is 9.59 Å². The highest BCUT2D eigenvalue weighted by atomic mass is 32.1. The van der Waals surface area contributed by atoms with Crippen LogP contribution in [0.2, 0.25) is 0 Å². The Morgan fingerprint density at radius 2 is 1.80 bits per heavy atom. The van der Waals surface area contributed by atoms with E-state index in [4.69, 9.17) is 0 Å². The lowest BCUT2D eigenvalue weighted by molar-refractivity contribution is -0.114. The van der Waals surface area contributed by atoms with Gasteiger partial charge in [0.2, 0.25) is 5.91 Å². The molecular weight excluding hydrogens is 272 g/mol. The van der Waals surface area contributed by atoms with Crippen LogP contribution >= 0.6 is 11.3 Å². The molecule has 0 aliphatic carbocycles. The molecule has 104 valence electrons. The van der Waals surface area contributed by atoms with Crippen molar-refractivity contribution in [1.29, 1.82) is 0 Å². The number of carbonyl (C=O) groups is 2. The summed E-state index contributed by atoms with van der Waals surface area (Å²) in [6.07, 6.45) is 0. The number of hydrogen-bond donors (Lipinski definition) is 2. The van der Waals surface area contributed by atoms with Crippen LogP contribution in [0.1, 0.15) is 27.7 Å². The van der Waals surface area contributed by atoms with Gasteiger partial charge in [0.25, 0.3) is 5.91 Å². The fourth-order valence-electron chi connectivity index (χ4n) is 1.86. The van der Waals surface area contributed by atoms with Gasteiger partial charge in [-0.1, -0.05) is 0 Å². The predicted octanol–water partition coefficient (Wildman–Crippen LogP) is 3.58. The highest BCUT2D eigenvalue weighted by molar-refractivity contribution is 7.12. The molecule has 2 N–H and O–H groups in total. The van der Waals surface area contributed by atoms with Crippen LogP contribution < -0.4 is 10.6 Å². The summed E-state index contributed by atoms with van der Waals surface area (Å²) < 4.78 is 0. The van der Waals surface area contributed by atoms with E-state index in [1.807, 2.05) is 31.4 Å². The molecule has 0 atom stereocenters. The van der Waals surface area contributed by atoms with Gasteiger partial charge < -0.3 is 10.6 Å². The molecule has 0 fully saturated rings. The van der Waals surface area contributed by atoms with E-state index in [0.717, 1.165) is 22.5 Å². The first-order valence-corrected chi connectivity index (χ1v) is 7.09. The molecule has 0 radical (unpaired) electrons. The molecular formula is C15H16N2O2S. The zero-order valence-electron chi connectivity index (χ0n) is 11.6. The summed E-state index contributed by atoms with van der Waals surface area (Å²) >= 11 is 1.42. The van der Waals surface area contributed by atoms with E-state index in [9.17, 15) is 9.59 Å². The van der Waals surface area contributed by atoms with Crippen molar-refractivity contribution in [1.82, 2.24) is 0 Å². The zero-order valence-corrected chi connectivity index (χ0v) is 12.4. The number of benzene rings is 1. The van der Waals surface area contributed by atoms with Crippen LogP contribution in [0.4, 0.5) is 11.4 Å². The molecule has 0 saturated heterocycles. The number of amides is 2. The molecule has 5 heteroatoms. The van der Waals surface area contributed by atoms with Gasteiger partial charge in [-0.25, -0.2) is 0 Å². The normalized spacial score (nSPS) is 10.2. The first-order valence-electron chi connectivity index (χ1n) is 6.21. The van der Waals surface area contributed by atoms with Crippen LogP contribution in [0.5, 0.6) is 0 Å². The lowest BCUT2D eigenvalue weighted by Crippen LogP contribution is -2.12. The van der Waals surface area contributed by atoms with Gasteiger partial charge in [0.15, 0.2) is 0 Å². The van der Waals surface area contributed by atoms with Crippen molar-refractivity contribution >= 4 is 34.5 Å². The molecule has 4 nitrogen and oxygen atoms in total. The second-order valence-electron chi connectivity index (χ2n) is 4.60. The Morgan fingerprint density at radius 3 is 2.35 bits per heavy atom. The number of aryl methyl sites for hydroxylation is 2. The molecule has 2 rings (SSSR count). The second-order valence-corrected chi connectivity index (χ2v) is 5.51. The van der Waals surface area contributed by atoms with Gasteiger partial charge >= 0.3 is 0 Å². The Bertz CT molecular complexity index is 662.